The Bertz CT molecular complexity index is 1680. The Morgan fingerprint density at radius 2 is 1.86 bits per heavy atom. The van der Waals surface area contributed by atoms with Gasteiger partial charge in [0.05, 0.1) is 37.4 Å². The van der Waals surface area contributed by atoms with Gasteiger partial charge in [0.2, 0.25) is 20.2 Å². The van der Waals surface area contributed by atoms with Crippen molar-refractivity contribution in [3.05, 3.63) is 94.0 Å². The number of anilines is 2. The van der Waals surface area contributed by atoms with Crippen molar-refractivity contribution >= 4 is 53.4 Å². The van der Waals surface area contributed by atoms with E-state index in [1.165, 1.54) is 0 Å². The molecular formula is C37H44BrFN4O5Si. The van der Waals surface area contributed by atoms with Gasteiger partial charge in [0.25, 0.3) is 5.91 Å². The second kappa shape index (κ2) is 14.4. The van der Waals surface area contributed by atoms with Gasteiger partial charge in [0.1, 0.15) is 0 Å². The molecular weight excluding hydrogens is 707 g/mol. The van der Waals surface area contributed by atoms with E-state index in [2.05, 4.69) is 26.6 Å². The summed E-state index contributed by atoms with van der Waals surface area (Å²) in [6, 6.07) is 22.4. The third-order valence-electron chi connectivity index (χ3n) is 10.2. The van der Waals surface area contributed by atoms with E-state index < -0.39 is 31.6 Å². The van der Waals surface area contributed by atoms with Crippen LogP contribution in [-0.4, -0.2) is 68.0 Å². The fourth-order valence-electron chi connectivity index (χ4n) is 7.91. The number of benzene rings is 3. The maximum absolute atomic E-state index is 16.4. The van der Waals surface area contributed by atoms with Crippen LogP contribution in [0.3, 0.4) is 0 Å². The Morgan fingerprint density at radius 3 is 2.51 bits per heavy atom. The summed E-state index contributed by atoms with van der Waals surface area (Å²) in [5.41, 5.74) is 1.66. The second-order valence-corrected chi connectivity index (χ2v) is 18.6. The fraction of sp³-hybridized carbons (Fsp3) is 0.432. The van der Waals surface area contributed by atoms with Gasteiger partial charge < -0.3 is 34.4 Å². The van der Waals surface area contributed by atoms with E-state index in [4.69, 9.17) is 4.74 Å². The average molecular weight is 752 g/mol. The molecule has 3 amide bonds. The molecule has 3 aliphatic heterocycles. The van der Waals surface area contributed by atoms with E-state index in [1.54, 1.807) is 22.9 Å². The number of ether oxygens (including phenoxy) is 1. The summed E-state index contributed by atoms with van der Waals surface area (Å²) in [5, 5.41) is 16.0. The number of carbonyl (C=O) groups excluding carboxylic acids is 3. The summed E-state index contributed by atoms with van der Waals surface area (Å²) in [6.45, 7) is 6.41. The quantitative estimate of drug-likeness (QED) is 0.167. The molecule has 0 bridgehead atoms. The van der Waals surface area contributed by atoms with Gasteiger partial charge in [0, 0.05) is 40.3 Å². The highest BCUT2D eigenvalue weighted by atomic mass is 79.9. The van der Waals surface area contributed by atoms with Crippen LogP contribution in [0.4, 0.5) is 15.5 Å². The molecule has 0 aliphatic carbocycles. The van der Waals surface area contributed by atoms with Crippen LogP contribution in [0.2, 0.25) is 18.6 Å². The number of hydrogen-bond donors (Lipinski definition) is 3. The summed E-state index contributed by atoms with van der Waals surface area (Å²) >= 11 is 3.58. The van der Waals surface area contributed by atoms with Crippen LogP contribution in [0.15, 0.2) is 77.3 Å². The first-order valence-electron chi connectivity index (χ1n) is 17.0. The number of amides is 3. The van der Waals surface area contributed by atoms with Gasteiger partial charge >= 0.3 is 0 Å². The fourth-order valence-corrected chi connectivity index (χ4v) is 10.8. The van der Waals surface area contributed by atoms with Crippen LogP contribution in [0.25, 0.3) is 0 Å². The topological polar surface area (TPSA) is 111 Å². The first-order chi connectivity index (χ1) is 23.4. The third kappa shape index (κ3) is 7.11. The normalized spacial score (nSPS) is 24.8. The lowest BCUT2D eigenvalue weighted by Gasteiger charge is -2.31. The van der Waals surface area contributed by atoms with Crippen molar-refractivity contribution in [1.29, 1.82) is 0 Å². The summed E-state index contributed by atoms with van der Waals surface area (Å²) in [7, 11) is -3.50. The molecule has 0 aromatic heterocycles. The second-order valence-electron chi connectivity index (χ2n) is 13.9. The number of carbonyl (C=O) groups is 3. The van der Waals surface area contributed by atoms with Crippen LogP contribution < -0.4 is 15.5 Å². The number of halogens is 2. The predicted octanol–water partition coefficient (Wildman–Crippen LogP) is 5.87. The standard InChI is InChI=1S/C37H44BrFN4O5Si/c1-24-34(49(2,3)39)32(21-33(45)42(18-19-44)22-25-8-5-4-6-9-25)48-37(24)29-20-27(38)13-16-31(29)43(36(37)47)23-26-11-14-28(15-12-26)41-35(46)30-10-7-17-40-30/h4-6,8-9,11-16,20,24,30,32,34,40,44H,7,10,17-19,21-23H2,1-3H3,(H,41,46)/t24-,30-,32+,34-,37+/m1/s1. The van der Waals surface area contributed by atoms with Gasteiger partial charge in [-0.3, -0.25) is 14.4 Å². The molecule has 0 unspecified atom stereocenters. The highest BCUT2D eigenvalue weighted by Crippen LogP contribution is 2.60. The Hall–Kier alpha value is -3.42. The van der Waals surface area contributed by atoms with E-state index >= 15 is 4.11 Å². The van der Waals surface area contributed by atoms with Crippen LogP contribution >= 0.6 is 15.9 Å². The maximum atomic E-state index is 16.4. The first kappa shape index (κ1) is 35.4. The van der Waals surface area contributed by atoms with Crippen molar-refractivity contribution in [3.8, 4) is 0 Å². The number of aliphatic hydroxyl groups excluding tert-OH is 1. The first-order valence-corrected chi connectivity index (χ1v) is 20.7. The molecule has 12 heteroatoms. The molecule has 0 radical (unpaired) electrons. The Morgan fingerprint density at radius 1 is 1.12 bits per heavy atom. The molecule has 9 nitrogen and oxygen atoms in total. The van der Waals surface area contributed by atoms with Crippen molar-refractivity contribution in [2.24, 2.45) is 5.92 Å². The lowest BCUT2D eigenvalue weighted by atomic mass is 9.82. The molecule has 260 valence electrons. The largest absolute Gasteiger partial charge is 0.395 e. The van der Waals surface area contributed by atoms with Crippen LogP contribution in [0.5, 0.6) is 0 Å². The van der Waals surface area contributed by atoms with Crippen LogP contribution in [0, 0.1) is 5.92 Å². The van der Waals surface area contributed by atoms with Crippen LogP contribution in [0.1, 0.15) is 42.9 Å². The minimum atomic E-state index is -3.50. The Kier molecular flexibility index (Phi) is 10.4. The molecule has 2 fully saturated rings. The van der Waals surface area contributed by atoms with Crippen molar-refractivity contribution in [3.63, 3.8) is 0 Å². The molecule has 3 aromatic rings. The molecule has 3 heterocycles. The molecule has 3 aliphatic rings. The minimum Gasteiger partial charge on any atom is -0.395 e. The minimum absolute atomic E-state index is 0.0599. The lowest BCUT2D eigenvalue weighted by Crippen LogP contribution is -2.45. The molecule has 3 aromatic carbocycles. The van der Waals surface area contributed by atoms with E-state index in [9.17, 15) is 19.5 Å². The van der Waals surface area contributed by atoms with Gasteiger partial charge in [-0.2, -0.15) is 0 Å². The van der Waals surface area contributed by atoms with E-state index in [-0.39, 0.29) is 49.9 Å². The highest BCUT2D eigenvalue weighted by molar-refractivity contribution is 9.10. The van der Waals surface area contributed by atoms with E-state index in [0.717, 1.165) is 35.0 Å². The van der Waals surface area contributed by atoms with Gasteiger partial charge in [-0.25, -0.2) is 0 Å². The van der Waals surface area contributed by atoms with E-state index in [0.29, 0.717) is 23.5 Å². The average Bonchev–Trinajstić information content (AvgIpc) is 3.76. The molecule has 6 rings (SSSR count). The maximum Gasteiger partial charge on any atom is 0.264 e. The number of aliphatic hydroxyl groups is 1. The molecule has 49 heavy (non-hydrogen) atoms. The van der Waals surface area contributed by atoms with Crippen molar-refractivity contribution in [1.82, 2.24) is 10.2 Å². The van der Waals surface area contributed by atoms with Crippen molar-refractivity contribution < 1.29 is 28.3 Å². The van der Waals surface area contributed by atoms with Crippen molar-refractivity contribution in [2.75, 3.05) is 29.9 Å². The summed E-state index contributed by atoms with van der Waals surface area (Å²) < 4.78 is 23.9. The van der Waals surface area contributed by atoms with Crippen LogP contribution in [-0.2, 0) is 37.8 Å². The molecule has 3 N–H and O–H groups in total. The molecule has 1 spiro atoms. The summed E-state index contributed by atoms with van der Waals surface area (Å²) in [6.07, 6.45) is 0.844. The monoisotopic (exact) mass is 750 g/mol. The molecule has 5 atom stereocenters. The Labute approximate surface area is 296 Å². The number of hydrogen-bond acceptors (Lipinski definition) is 6. The Balaban J connectivity index is 1.27. The van der Waals surface area contributed by atoms with Gasteiger partial charge in [-0.15, -0.1) is 0 Å². The lowest BCUT2D eigenvalue weighted by molar-refractivity contribution is -0.150. The number of nitrogens with one attached hydrogen (secondary N) is 2. The van der Waals surface area contributed by atoms with E-state index in [1.807, 2.05) is 79.7 Å². The molecule has 2 saturated heterocycles. The number of nitrogens with zero attached hydrogens (tertiary/aromatic N) is 2. The zero-order valence-corrected chi connectivity index (χ0v) is 30.7. The molecule has 0 saturated carbocycles. The summed E-state index contributed by atoms with van der Waals surface area (Å²) in [5.74, 6) is -1.16. The third-order valence-corrected chi connectivity index (χ3v) is 13.1. The predicted molar refractivity (Wildman–Crippen MR) is 193 cm³/mol. The zero-order chi connectivity index (χ0) is 34.9. The van der Waals surface area contributed by atoms with Crippen molar-refractivity contribution in [2.45, 2.75) is 75.7 Å². The highest BCUT2D eigenvalue weighted by Gasteiger charge is 2.67. The van der Waals surface area contributed by atoms with Gasteiger partial charge in [-0.1, -0.05) is 65.3 Å². The number of fused-ring (bicyclic) bond motifs is 2. The zero-order valence-electron chi connectivity index (χ0n) is 28.1. The smallest absolute Gasteiger partial charge is 0.264 e. The summed E-state index contributed by atoms with van der Waals surface area (Å²) in [4.78, 5) is 44.4. The number of rotatable bonds is 11. The van der Waals surface area contributed by atoms with Gasteiger partial charge in [0.15, 0.2) is 5.60 Å². The SMILES string of the molecule is C[C@@H]1[C@@H]([Si](C)(C)F)[C@H](CC(=O)N(CCO)Cc2ccccc2)O[C@@]12C(=O)N(Cc1ccc(NC(=O)[C@H]3CCCN3)cc1)c1ccc(Br)cc12. The van der Waals surface area contributed by atoms with Gasteiger partial charge in [-0.05, 0) is 73.9 Å².